The second kappa shape index (κ2) is 10.0. The first-order valence-electron chi connectivity index (χ1n) is 11.5. The quantitative estimate of drug-likeness (QED) is 0.507. The lowest BCUT2D eigenvalue weighted by Gasteiger charge is -2.38. The zero-order valence-corrected chi connectivity index (χ0v) is 20.2. The van der Waals surface area contributed by atoms with Gasteiger partial charge in [-0.05, 0) is 48.7 Å². The summed E-state index contributed by atoms with van der Waals surface area (Å²) in [5.74, 6) is 0.634. The number of nitrogens with zero attached hydrogens (tertiary/aromatic N) is 2. The topological polar surface area (TPSA) is 48.7 Å². The molecule has 6 heteroatoms. The largest absolute Gasteiger partial charge is 0.459 e. The van der Waals surface area contributed by atoms with E-state index >= 15 is 0 Å². The smallest absolute Gasteiger partial charge is 0.291 e. The van der Waals surface area contributed by atoms with Crippen LogP contribution < -0.4 is 5.32 Å². The van der Waals surface area contributed by atoms with Crippen LogP contribution in [0.25, 0.3) is 0 Å². The molecular weight excluding hydrogens is 418 g/mol. The van der Waals surface area contributed by atoms with Crippen LogP contribution in [0.4, 0.5) is 5.00 Å². The molecule has 0 saturated carbocycles. The van der Waals surface area contributed by atoms with Crippen LogP contribution in [0.3, 0.4) is 0 Å². The summed E-state index contributed by atoms with van der Waals surface area (Å²) in [5, 5.41) is 4.06. The lowest BCUT2D eigenvalue weighted by atomic mass is 9.94. The van der Waals surface area contributed by atoms with Gasteiger partial charge in [-0.15, -0.1) is 11.3 Å². The minimum atomic E-state index is -0.201. The highest BCUT2D eigenvalue weighted by molar-refractivity contribution is 7.16. The van der Waals surface area contributed by atoms with Crippen LogP contribution >= 0.6 is 11.3 Å². The molecule has 1 N–H and O–H groups in total. The molecule has 2 aromatic heterocycles. The Bertz CT molecular complexity index is 1020. The van der Waals surface area contributed by atoms with Gasteiger partial charge in [0.25, 0.3) is 5.91 Å². The minimum Gasteiger partial charge on any atom is -0.459 e. The predicted octanol–water partition coefficient (Wildman–Crippen LogP) is 5.62. The van der Waals surface area contributed by atoms with Crippen molar-refractivity contribution in [1.82, 2.24) is 9.80 Å². The highest BCUT2D eigenvalue weighted by Crippen LogP contribution is 2.40. The third-order valence-corrected chi connectivity index (χ3v) is 7.46. The van der Waals surface area contributed by atoms with Gasteiger partial charge in [0, 0.05) is 36.6 Å². The number of piperazine rings is 1. The Morgan fingerprint density at radius 1 is 1.09 bits per heavy atom. The van der Waals surface area contributed by atoms with Gasteiger partial charge >= 0.3 is 0 Å². The van der Waals surface area contributed by atoms with E-state index in [1.807, 2.05) is 0 Å². The minimum absolute atomic E-state index is 0.105. The molecule has 0 bridgehead atoms. The molecule has 1 atom stereocenters. The molecular formula is C26H33N3O2S. The zero-order valence-electron chi connectivity index (χ0n) is 19.4. The highest BCUT2D eigenvalue weighted by Gasteiger charge is 2.29. The summed E-state index contributed by atoms with van der Waals surface area (Å²) in [5.41, 5.74) is 3.79. The molecule has 0 unspecified atom stereocenters. The van der Waals surface area contributed by atoms with E-state index in [0.717, 1.165) is 37.6 Å². The molecule has 3 heterocycles. The lowest BCUT2D eigenvalue weighted by Crippen LogP contribution is -2.46. The molecule has 170 valence electrons. The molecule has 5 nitrogen and oxygen atoms in total. The average Bonchev–Trinajstić information content (AvgIpc) is 3.46. The summed E-state index contributed by atoms with van der Waals surface area (Å²) in [7, 11) is 2.18. The maximum atomic E-state index is 12.8. The number of anilines is 1. The van der Waals surface area contributed by atoms with Crippen molar-refractivity contribution in [2.45, 2.75) is 39.2 Å². The number of amides is 1. The number of carbonyl (C=O) groups is 1. The third kappa shape index (κ3) is 4.98. The number of carbonyl (C=O) groups excluding carboxylic acids is 1. The van der Waals surface area contributed by atoms with Crippen LogP contribution in [0.2, 0.25) is 0 Å². The SMILES string of the molecule is CCc1cc([C@H](c2ccc(C(C)C)cc2)N2CCN(C)CC2)c(NC(=O)c2ccco2)s1. The molecule has 32 heavy (non-hydrogen) atoms. The number of thiophene rings is 1. The zero-order chi connectivity index (χ0) is 22.7. The van der Waals surface area contributed by atoms with Gasteiger partial charge in [0.2, 0.25) is 0 Å². The number of benzene rings is 1. The van der Waals surface area contributed by atoms with Crippen molar-refractivity contribution in [2.75, 3.05) is 38.5 Å². The Labute approximate surface area is 195 Å². The molecule has 1 amide bonds. The molecule has 4 rings (SSSR count). The van der Waals surface area contributed by atoms with Crippen molar-refractivity contribution in [2.24, 2.45) is 0 Å². The second-order valence-corrected chi connectivity index (χ2v) is 9.98. The molecule has 3 aromatic rings. The number of hydrogen-bond acceptors (Lipinski definition) is 5. The molecule has 0 radical (unpaired) electrons. The van der Waals surface area contributed by atoms with E-state index in [9.17, 15) is 4.79 Å². The van der Waals surface area contributed by atoms with E-state index in [0.29, 0.717) is 11.7 Å². The fourth-order valence-electron chi connectivity index (χ4n) is 4.24. The molecule has 1 fully saturated rings. The second-order valence-electron chi connectivity index (χ2n) is 8.85. The normalized spacial score (nSPS) is 16.4. The van der Waals surface area contributed by atoms with Gasteiger partial charge in [-0.3, -0.25) is 9.69 Å². The van der Waals surface area contributed by atoms with E-state index in [1.54, 1.807) is 23.5 Å². The van der Waals surface area contributed by atoms with Crippen LogP contribution in [0, 0.1) is 0 Å². The Kier molecular flexibility index (Phi) is 7.13. The van der Waals surface area contributed by atoms with Gasteiger partial charge in [0.15, 0.2) is 5.76 Å². The first-order chi connectivity index (χ1) is 15.5. The fraction of sp³-hybridized carbons (Fsp3) is 0.423. The third-order valence-electron chi connectivity index (χ3n) is 6.25. The number of hydrogen-bond donors (Lipinski definition) is 1. The molecule has 1 aliphatic heterocycles. The summed E-state index contributed by atoms with van der Waals surface area (Å²) < 4.78 is 5.33. The van der Waals surface area contributed by atoms with E-state index < -0.39 is 0 Å². The number of nitrogens with one attached hydrogen (secondary N) is 1. The Balaban J connectivity index is 1.73. The van der Waals surface area contributed by atoms with Gasteiger partial charge in [0.1, 0.15) is 5.00 Å². The highest BCUT2D eigenvalue weighted by atomic mass is 32.1. The lowest BCUT2D eigenvalue weighted by molar-refractivity contribution is 0.0996. The van der Waals surface area contributed by atoms with Crippen LogP contribution in [0.15, 0.2) is 53.1 Å². The number of aryl methyl sites for hydroxylation is 1. The number of likely N-dealkylation sites (N-methyl/N-ethyl adjacent to an activating group) is 1. The van der Waals surface area contributed by atoms with Gasteiger partial charge < -0.3 is 14.6 Å². The van der Waals surface area contributed by atoms with Crippen molar-refractivity contribution in [3.05, 3.63) is 76.1 Å². The Morgan fingerprint density at radius 2 is 1.78 bits per heavy atom. The van der Waals surface area contributed by atoms with Crippen molar-refractivity contribution < 1.29 is 9.21 Å². The number of furan rings is 1. The summed E-state index contributed by atoms with van der Waals surface area (Å²) in [4.78, 5) is 19.0. The van der Waals surface area contributed by atoms with Gasteiger partial charge in [-0.25, -0.2) is 0 Å². The summed E-state index contributed by atoms with van der Waals surface area (Å²) >= 11 is 1.67. The van der Waals surface area contributed by atoms with E-state index in [2.05, 4.69) is 73.3 Å². The first-order valence-corrected chi connectivity index (χ1v) is 12.3. The van der Waals surface area contributed by atoms with Crippen molar-refractivity contribution in [1.29, 1.82) is 0 Å². The summed E-state index contributed by atoms with van der Waals surface area (Å²) in [6.07, 6.45) is 2.47. The van der Waals surface area contributed by atoms with E-state index in [-0.39, 0.29) is 11.9 Å². The van der Waals surface area contributed by atoms with Crippen LogP contribution in [-0.2, 0) is 6.42 Å². The standard InChI is InChI=1S/C26H33N3O2S/c1-5-21-17-22(26(32-21)27-25(30)23-7-6-16-31-23)24(29-14-12-28(4)13-15-29)20-10-8-19(9-11-20)18(2)3/h6-11,16-18,24H,5,12-15H2,1-4H3,(H,27,30)/t24-/m0/s1. The number of rotatable bonds is 7. The fourth-order valence-corrected chi connectivity index (χ4v) is 5.26. The van der Waals surface area contributed by atoms with Crippen LogP contribution in [0.1, 0.15) is 64.9 Å². The Hall–Kier alpha value is -2.41. The van der Waals surface area contributed by atoms with E-state index in [4.69, 9.17) is 4.42 Å². The van der Waals surface area contributed by atoms with Gasteiger partial charge in [0.05, 0.1) is 12.3 Å². The molecule has 0 aliphatic carbocycles. The van der Waals surface area contributed by atoms with Gasteiger partial charge in [-0.2, -0.15) is 0 Å². The molecule has 1 aliphatic rings. The monoisotopic (exact) mass is 451 g/mol. The van der Waals surface area contributed by atoms with Crippen molar-refractivity contribution in [3.8, 4) is 0 Å². The van der Waals surface area contributed by atoms with Gasteiger partial charge in [-0.1, -0.05) is 45.0 Å². The Morgan fingerprint density at radius 3 is 2.38 bits per heavy atom. The van der Waals surface area contributed by atoms with Crippen LogP contribution in [0.5, 0.6) is 0 Å². The maximum Gasteiger partial charge on any atom is 0.291 e. The molecule has 0 spiro atoms. The summed E-state index contributed by atoms with van der Waals surface area (Å²) in [6.45, 7) is 10.7. The van der Waals surface area contributed by atoms with Crippen molar-refractivity contribution >= 4 is 22.2 Å². The first kappa shape index (κ1) is 22.8. The summed E-state index contributed by atoms with van der Waals surface area (Å²) in [6, 6.07) is 14.8. The predicted molar refractivity (Wildman–Crippen MR) is 132 cm³/mol. The average molecular weight is 452 g/mol. The maximum absolute atomic E-state index is 12.8. The van der Waals surface area contributed by atoms with Crippen molar-refractivity contribution in [3.63, 3.8) is 0 Å². The van der Waals surface area contributed by atoms with Crippen LogP contribution in [-0.4, -0.2) is 48.9 Å². The molecule has 1 saturated heterocycles. The van der Waals surface area contributed by atoms with E-state index in [1.165, 1.54) is 27.8 Å². The molecule has 1 aromatic carbocycles.